The summed E-state index contributed by atoms with van der Waals surface area (Å²) >= 11 is 0.819. The van der Waals surface area contributed by atoms with Crippen molar-refractivity contribution >= 4 is 37.7 Å². The molecule has 0 spiro atoms. The largest absolute Gasteiger partial charge is 0.431 e. The SMILES string of the molecule is C=C(COCCCCC(F)(F)C(F)(F)S(=O)(=O)O)C(=O)Oc1cccc2sc(=O)oc12. The van der Waals surface area contributed by atoms with Gasteiger partial charge in [0.05, 0.1) is 16.9 Å². The normalized spacial score (nSPS) is 12.8. The van der Waals surface area contributed by atoms with Crippen molar-refractivity contribution in [3.05, 3.63) is 40.1 Å². The lowest BCUT2D eigenvalue weighted by atomic mass is 10.1. The first-order chi connectivity index (χ1) is 14.3. The molecule has 1 heterocycles. The van der Waals surface area contributed by atoms with E-state index in [4.69, 9.17) is 18.4 Å². The molecule has 0 atom stereocenters. The molecule has 31 heavy (non-hydrogen) atoms. The highest BCUT2D eigenvalue weighted by atomic mass is 32.2. The molecular weight excluding hydrogens is 472 g/mol. The quantitative estimate of drug-likeness (QED) is 0.127. The van der Waals surface area contributed by atoms with Gasteiger partial charge in [0.1, 0.15) is 0 Å². The van der Waals surface area contributed by atoms with E-state index in [0.717, 1.165) is 11.3 Å². The molecule has 1 N–H and O–H groups in total. The van der Waals surface area contributed by atoms with E-state index in [1.54, 1.807) is 6.07 Å². The van der Waals surface area contributed by atoms with Gasteiger partial charge in [0.2, 0.25) is 0 Å². The Labute approximate surface area is 176 Å². The van der Waals surface area contributed by atoms with Crippen molar-refractivity contribution in [2.75, 3.05) is 13.2 Å². The van der Waals surface area contributed by atoms with E-state index in [1.807, 2.05) is 0 Å². The first-order valence-corrected chi connectivity index (χ1v) is 10.7. The highest BCUT2D eigenvalue weighted by molar-refractivity contribution is 7.87. The monoisotopic (exact) mass is 488 g/mol. The number of carbonyl (C=O) groups is 1. The average Bonchev–Trinajstić information content (AvgIpc) is 3.04. The molecule has 2 rings (SSSR count). The molecular formula is C17H16F4O8S2. The maximum atomic E-state index is 13.3. The summed E-state index contributed by atoms with van der Waals surface area (Å²) in [5.74, 6) is -5.88. The molecule has 1 aromatic carbocycles. The van der Waals surface area contributed by atoms with Gasteiger partial charge in [-0.15, -0.1) is 0 Å². The van der Waals surface area contributed by atoms with Crippen molar-refractivity contribution in [3.8, 4) is 5.75 Å². The second kappa shape index (κ2) is 9.46. The minimum Gasteiger partial charge on any atom is -0.419 e. The maximum Gasteiger partial charge on any atom is 0.431 e. The molecule has 0 fully saturated rings. The predicted octanol–water partition coefficient (Wildman–Crippen LogP) is 3.62. The molecule has 0 bridgehead atoms. The van der Waals surface area contributed by atoms with E-state index in [-0.39, 0.29) is 36.5 Å². The smallest absolute Gasteiger partial charge is 0.419 e. The molecule has 0 aliphatic heterocycles. The Kier molecular flexibility index (Phi) is 7.62. The second-order valence-corrected chi connectivity index (χ2v) is 8.68. The van der Waals surface area contributed by atoms with Crippen LogP contribution in [0.5, 0.6) is 5.75 Å². The number of para-hydroxylation sites is 1. The number of ether oxygens (including phenoxy) is 2. The van der Waals surface area contributed by atoms with Crippen LogP contribution in [0.15, 0.2) is 39.6 Å². The Hall–Kier alpha value is -2.29. The van der Waals surface area contributed by atoms with Gasteiger partial charge < -0.3 is 13.9 Å². The molecule has 2 aromatic rings. The fraction of sp³-hybridized carbons (Fsp3) is 0.412. The van der Waals surface area contributed by atoms with E-state index in [1.165, 1.54) is 12.1 Å². The number of unbranched alkanes of at least 4 members (excludes halogenated alkanes) is 1. The van der Waals surface area contributed by atoms with Crippen LogP contribution in [0.3, 0.4) is 0 Å². The number of esters is 1. The van der Waals surface area contributed by atoms with Crippen molar-refractivity contribution in [1.29, 1.82) is 0 Å². The minimum atomic E-state index is -6.27. The van der Waals surface area contributed by atoms with Gasteiger partial charge in [-0.1, -0.05) is 24.0 Å². The summed E-state index contributed by atoms with van der Waals surface area (Å²) in [6.45, 7) is 2.86. The van der Waals surface area contributed by atoms with Crippen LogP contribution in [-0.2, 0) is 19.6 Å². The number of benzene rings is 1. The zero-order valence-corrected chi connectivity index (χ0v) is 17.2. The van der Waals surface area contributed by atoms with Gasteiger partial charge in [0.25, 0.3) is 0 Å². The van der Waals surface area contributed by atoms with Crippen molar-refractivity contribution in [3.63, 3.8) is 0 Å². The molecule has 0 aliphatic carbocycles. The van der Waals surface area contributed by atoms with Crippen LogP contribution in [0.2, 0.25) is 0 Å². The predicted molar refractivity (Wildman–Crippen MR) is 101 cm³/mol. The van der Waals surface area contributed by atoms with Crippen LogP contribution in [-0.4, -0.2) is 43.3 Å². The summed E-state index contributed by atoms with van der Waals surface area (Å²) in [5, 5.41) is -5.61. The molecule has 0 amide bonds. The topological polar surface area (TPSA) is 120 Å². The Morgan fingerprint density at radius 1 is 1.23 bits per heavy atom. The third kappa shape index (κ3) is 5.90. The summed E-state index contributed by atoms with van der Waals surface area (Å²) in [6.07, 6.45) is -2.23. The van der Waals surface area contributed by atoms with Gasteiger partial charge in [-0.05, 0) is 25.0 Å². The third-order valence-electron chi connectivity index (χ3n) is 3.87. The number of hydrogen-bond donors (Lipinski definition) is 1. The van der Waals surface area contributed by atoms with Gasteiger partial charge in [-0.3, -0.25) is 4.55 Å². The van der Waals surface area contributed by atoms with Crippen molar-refractivity contribution in [2.45, 2.75) is 30.4 Å². The number of halogens is 4. The summed E-state index contributed by atoms with van der Waals surface area (Å²) in [4.78, 5) is 22.8. The van der Waals surface area contributed by atoms with E-state index in [9.17, 15) is 35.6 Å². The van der Waals surface area contributed by atoms with E-state index < -0.39 is 45.0 Å². The molecule has 1 aromatic heterocycles. The van der Waals surface area contributed by atoms with Crippen LogP contribution in [0.1, 0.15) is 19.3 Å². The molecule has 8 nitrogen and oxygen atoms in total. The van der Waals surface area contributed by atoms with Gasteiger partial charge >= 0.3 is 32.2 Å². The van der Waals surface area contributed by atoms with E-state index in [2.05, 4.69) is 6.58 Å². The van der Waals surface area contributed by atoms with Gasteiger partial charge in [0.15, 0.2) is 11.3 Å². The Bertz CT molecular complexity index is 1120. The molecule has 14 heteroatoms. The summed E-state index contributed by atoms with van der Waals surface area (Å²) < 4.78 is 97.3. The summed E-state index contributed by atoms with van der Waals surface area (Å²) in [5.41, 5.74) is -0.0694. The Balaban J connectivity index is 1.77. The van der Waals surface area contributed by atoms with Crippen LogP contribution < -0.4 is 9.68 Å². The number of carbonyl (C=O) groups excluding carboxylic acids is 1. The average molecular weight is 488 g/mol. The van der Waals surface area contributed by atoms with E-state index >= 15 is 0 Å². The highest BCUT2D eigenvalue weighted by Crippen LogP contribution is 2.41. The molecule has 0 radical (unpaired) electrons. The zero-order valence-electron chi connectivity index (χ0n) is 15.6. The van der Waals surface area contributed by atoms with Gasteiger partial charge in [0, 0.05) is 13.0 Å². The van der Waals surface area contributed by atoms with Crippen molar-refractivity contribution in [1.82, 2.24) is 0 Å². The van der Waals surface area contributed by atoms with Crippen LogP contribution in [0.25, 0.3) is 10.3 Å². The Morgan fingerprint density at radius 3 is 2.55 bits per heavy atom. The molecule has 0 saturated heterocycles. The zero-order chi connectivity index (χ0) is 23.4. The first-order valence-electron chi connectivity index (χ1n) is 8.49. The fourth-order valence-electron chi connectivity index (χ4n) is 2.26. The number of alkyl halides is 4. The lowest BCUT2D eigenvalue weighted by molar-refractivity contribution is -0.165. The van der Waals surface area contributed by atoms with Crippen LogP contribution in [0, 0.1) is 0 Å². The fourth-order valence-corrected chi connectivity index (χ4v) is 3.43. The number of rotatable bonds is 11. The van der Waals surface area contributed by atoms with Crippen LogP contribution in [0.4, 0.5) is 17.6 Å². The van der Waals surface area contributed by atoms with Gasteiger partial charge in [-0.2, -0.15) is 26.0 Å². The van der Waals surface area contributed by atoms with E-state index in [0.29, 0.717) is 4.70 Å². The molecule has 0 saturated carbocycles. The Morgan fingerprint density at radius 2 is 1.90 bits per heavy atom. The first kappa shape index (κ1) is 25.0. The number of hydrogen-bond acceptors (Lipinski definition) is 8. The molecule has 172 valence electrons. The maximum absolute atomic E-state index is 13.3. The molecule has 0 aliphatic rings. The standard InChI is InChI=1S/C17H16F4O8S2/c1-10(14(22)28-11-5-4-6-12-13(11)29-15(23)30-12)9-27-8-3-2-7-16(18,19)17(20,21)31(24,25)26/h4-6H,1-3,7-9H2,(H,24,25,26). The lowest BCUT2D eigenvalue weighted by Crippen LogP contribution is -2.46. The highest BCUT2D eigenvalue weighted by Gasteiger charge is 2.64. The third-order valence-corrected chi connectivity index (χ3v) is 5.61. The molecule has 0 unspecified atom stereocenters. The summed E-state index contributed by atoms with van der Waals surface area (Å²) in [7, 11) is -6.27. The number of fused-ring (bicyclic) bond motifs is 1. The summed E-state index contributed by atoms with van der Waals surface area (Å²) in [6, 6.07) is 4.53. The van der Waals surface area contributed by atoms with Gasteiger partial charge in [-0.25, -0.2) is 9.59 Å². The minimum absolute atomic E-state index is 0.0102. The van der Waals surface area contributed by atoms with Crippen LogP contribution >= 0.6 is 11.3 Å². The van der Waals surface area contributed by atoms with Crippen molar-refractivity contribution in [2.24, 2.45) is 0 Å². The lowest BCUT2D eigenvalue weighted by Gasteiger charge is -2.23. The second-order valence-electron chi connectivity index (χ2n) is 6.24. The van der Waals surface area contributed by atoms with Crippen molar-refractivity contribution < 1.29 is 49.2 Å².